The van der Waals surface area contributed by atoms with Crippen LogP contribution in [-0.2, 0) is 0 Å². The van der Waals surface area contributed by atoms with Gasteiger partial charge in [0, 0.05) is 6.07 Å². The van der Waals surface area contributed by atoms with Crippen molar-refractivity contribution in [3.63, 3.8) is 0 Å². The van der Waals surface area contributed by atoms with E-state index in [-0.39, 0.29) is 11.1 Å². The van der Waals surface area contributed by atoms with E-state index in [1.807, 2.05) is 6.07 Å². The molecule has 0 spiro atoms. The molecule has 0 aromatic heterocycles. The lowest BCUT2D eigenvalue weighted by Crippen LogP contribution is -2.23. The maximum atomic E-state index is 13.5. The van der Waals surface area contributed by atoms with Crippen molar-refractivity contribution in [1.82, 2.24) is 0 Å². The fourth-order valence-electron chi connectivity index (χ4n) is 2.31. The maximum absolute atomic E-state index is 13.5. The molecule has 104 valence electrons. The van der Waals surface area contributed by atoms with Crippen molar-refractivity contribution in [1.29, 1.82) is 0 Å². The standard InChI is InChI=1S/C16H15ClFNO/c1-9-3-4-11(5-10(9)2)16-8-19-14-6-12(17)13(18)7-15(14)20-16/h3-7,16,19H,8H2,1-2H3. The summed E-state index contributed by atoms with van der Waals surface area (Å²) in [5.74, 6) is 0.0364. The summed E-state index contributed by atoms with van der Waals surface area (Å²) in [5, 5.41) is 3.34. The van der Waals surface area contributed by atoms with Gasteiger partial charge in [-0.1, -0.05) is 29.8 Å². The van der Waals surface area contributed by atoms with Gasteiger partial charge >= 0.3 is 0 Å². The van der Waals surface area contributed by atoms with E-state index in [0.717, 1.165) is 11.3 Å². The van der Waals surface area contributed by atoms with Crippen LogP contribution in [0.15, 0.2) is 30.3 Å². The van der Waals surface area contributed by atoms with Crippen LogP contribution in [0, 0.1) is 19.7 Å². The Balaban J connectivity index is 1.91. The number of rotatable bonds is 1. The van der Waals surface area contributed by atoms with Crippen LogP contribution in [0.25, 0.3) is 0 Å². The number of hydrogen-bond donors (Lipinski definition) is 1. The summed E-state index contributed by atoms with van der Waals surface area (Å²) in [6, 6.07) is 9.12. The molecule has 0 amide bonds. The van der Waals surface area contributed by atoms with Crippen LogP contribution in [-0.4, -0.2) is 6.54 Å². The molecule has 1 aliphatic rings. The van der Waals surface area contributed by atoms with E-state index in [1.54, 1.807) is 6.07 Å². The van der Waals surface area contributed by atoms with E-state index in [1.165, 1.54) is 17.2 Å². The van der Waals surface area contributed by atoms with Gasteiger partial charge in [-0.25, -0.2) is 4.39 Å². The third-order valence-corrected chi connectivity index (χ3v) is 3.96. The zero-order valence-electron chi connectivity index (χ0n) is 11.3. The summed E-state index contributed by atoms with van der Waals surface area (Å²) >= 11 is 5.77. The first kappa shape index (κ1) is 13.3. The van der Waals surface area contributed by atoms with E-state index >= 15 is 0 Å². The molecule has 0 saturated heterocycles. The average Bonchev–Trinajstić information content (AvgIpc) is 2.43. The van der Waals surface area contributed by atoms with Crippen molar-refractivity contribution in [2.45, 2.75) is 20.0 Å². The summed E-state index contributed by atoms with van der Waals surface area (Å²) < 4.78 is 19.4. The van der Waals surface area contributed by atoms with Gasteiger partial charge in [0.2, 0.25) is 0 Å². The Morgan fingerprint density at radius 3 is 2.75 bits per heavy atom. The number of fused-ring (bicyclic) bond motifs is 1. The van der Waals surface area contributed by atoms with Gasteiger partial charge in [-0.15, -0.1) is 0 Å². The summed E-state index contributed by atoms with van der Waals surface area (Å²) in [7, 11) is 0. The third kappa shape index (κ3) is 2.34. The highest BCUT2D eigenvalue weighted by atomic mass is 35.5. The second kappa shape index (κ2) is 4.98. The molecule has 2 aromatic rings. The van der Waals surface area contributed by atoms with E-state index < -0.39 is 5.82 Å². The quantitative estimate of drug-likeness (QED) is 0.826. The second-order valence-corrected chi connectivity index (χ2v) is 5.50. The molecule has 2 nitrogen and oxygen atoms in total. The van der Waals surface area contributed by atoms with Crippen molar-refractivity contribution in [2.24, 2.45) is 0 Å². The summed E-state index contributed by atoms with van der Waals surface area (Å²) in [6.45, 7) is 4.78. The Morgan fingerprint density at radius 2 is 2.00 bits per heavy atom. The monoisotopic (exact) mass is 291 g/mol. The predicted octanol–water partition coefficient (Wildman–Crippen LogP) is 4.64. The van der Waals surface area contributed by atoms with Crippen molar-refractivity contribution < 1.29 is 9.13 Å². The molecule has 1 atom stereocenters. The number of anilines is 1. The van der Waals surface area contributed by atoms with E-state index in [9.17, 15) is 4.39 Å². The third-order valence-electron chi connectivity index (χ3n) is 3.67. The SMILES string of the molecule is Cc1ccc(C2CNc3cc(Cl)c(F)cc3O2)cc1C. The Bertz CT molecular complexity index is 672. The Morgan fingerprint density at radius 1 is 1.20 bits per heavy atom. The molecule has 1 heterocycles. The van der Waals surface area contributed by atoms with Crippen LogP contribution >= 0.6 is 11.6 Å². The zero-order chi connectivity index (χ0) is 14.3. The molecule has 20 heavy (non-hydrogen) atoms. The topological polar surface area (TPSA) is 21.3 Å². The molecule has 0 bridgehead atoms. The van der Waals surface area contributed by atoms with Crippen LogP contribution in [0.1, 0.15) is 22.8 Å². The molecular weight excluding hydrogens is 277 g/mol. The van der Waals surface area contributed by atoms with Crippen LogP contribution in [0.3, 0.4) is 0 Å². The Hall–Kier alpha value is -1.74. The largest absolute Gasteiger partial charge is 0.482 e. The molecule has 0 fully saturated rings. The van der Waals surface area contributed by atoms with Crippen LogP contribution in [0.2, 0.25) is 5.02 Å². The van der Waals surface area contributed by atoms with Gasteiger partial charge in [-0.2, -0.15) is 0 Å². The maximum Gasteiger partial charge on any atom is 0.146 e. The Labute approximate surface area is 122 Å². The zero-order valence-corrected chi connectivity index (χ0v) is 12.1. The van der Waals surface area contributed by atoms with Gasteiger partial charge in [0.1, 0.15) is 17.7 Å². The molecular formula is C16H15ClFNO. The minimum Gasteiger partial charge on any atom is -0.482 e. The fourth-order valence-corrected chi connectivity index (χ4v) is 2.48. The number of halogens is 2. The molecule has 0 aliphatic carbocycles. The fraction of sp³-hybridized carbons (Fsp3) is 0.250. The Kier molecular flexibility index (Phi) is 3.30. The van der Waals surface area contributed by atoms with Crippen molar-refractivity contribution in [3.05, 3.63) is 57.9 Å². The van der Waals surface area contributed by atoms with Crippen LogP contribution in [0.4, 0.5) is 10.1 Å². The first-order chi connectivity index (χ1) is 9.54. The van der Waals surface area contributed by atoms with E-state index in [2.05, 4.69) is 31.3 Å². The van der Waals surface area contributed by atoms with Gasteiger partial charge in [0.05, 0.1) is 17.3 Å². The molecule has 0 saturated carbocycles. The normalized spacial score (nSPS) is 17.1. The lowest BCUT2D eigenvalue weighted by Gasteiger charge is -2.28. The van der Waals surface area contributed by atoms with Crippen molar-refractivity contribution in [2.75, 3.05) is 11.9 Å². The molecule has 4 heteroatoms. The molecule has 3 rings (SSSR count). The van der Waals surface area contributed by atoms with Crippen LogP contribution in [0.5, 0.6) is 5.75 Å². The number of hydrogen-bond acceptors (Lipinski definition) is 2. The summed E-state index contributed by atoms with van der Waals surface area (Å²) in [6.07, 6.45) is -0.123. The summed E-state index contributed by atoms with van der Waals surface area (Å²) in [5.41, 5.74) is 4.29. The van der Waals surface area contributed by atoms with E-state index in [0.29, 0.717) is 12.3 Å². The number of nitrogens with one attached hydrogen (secondary N) is 1. The minimum atomic E-state index is -0.465. The lowest BCUT2D eigenvalue weighted by molar-refractivity contribution is 0.209. The highest BCUT2D eigenvalue weighted by molar-refractivity contribution is 6.31. The number of benzene rings is 2. The predicted molar refractivity (Wildman–Crippen MR) is 79.2 cm³/mol. The highest BCUT2D eigenvalue weighted by Gasteiger charge is 2.22. The highest BCUT2D eigenvalue weighted by Crippen LogP contribution is 2.37. The van der Waals surface area contributed by atoms with Gasteiger partial charge in [0.15, 0.2) is 0 Å². The first-order valence-corrected chi connectivity index (χ1v) is 6.89. The average molecular weight is 292 g/mol. The van der Waals surface area contributed by atoms with Crippen molar-refractivity contribution in [3.8, 4) is 5.75 Å². The second-order valence-electron chi connectivity index (χ2n) is 5.09. The summed E-state index contributed by atoms with van der Waals surface area (Å²) in [4.78, 5) is 0. The molecule has 0 radical (unpaired) electrons. The first-order valence-electron chi connectivity index (χ1n) is 6.51. The van der Waals surface area contributed by atoms with Gasteiger partial charge in [0.25, 0.3) is 0 Å². The van der Waals surface area contributed by atoms with Gasteiger partial charge in [-0.05, 0) is 36.6 Å². The van der Waals surface area contributed by atoms with Crippen molar-refractivity contribution >= 4 is 17.3 Å². The molecule has 1 aliphatic heterocycles. The molecule has 1 N–H and O–H groups in total. The number of ether oxygens (including phenoxy) is 1. The van der Waals surface area contributed by atoms with Gasteiger partial charge in [-0.3, -0.25) is 0 Å². The van der Waals surface area contributed by atoms with Crippen LogP contribution < -0.4 is 10.1 Å². The van der Waals surface area contributed by atoms with Gasteiger partial charge < -0.3 is 10.1 Å². The number of aryl methyl sites for hydroxylation is 2. The molecule has 1 unspecified atom stereocenters. The molecule has 2 aromatic carbocycles. The smallest absolute Gasteiger partial charge is 0.146 e. The minimum absolute atomic E-state index is 0.101. The van der Waals surface area contributed by atoms with E-state index in [4.69, 9.17) is 16.3 Å². The lowest BCUT2D eigenvalue weighted by atomic mass is 10.0.